The van der Waals surface area contributed by atoms with Crippen LogP contribution in [0.1, 0.15) is 39.9 Å². The summed E-state index contributed by atoms with van der Waals surface area (Å²) < 4.78 is 11.4. The predicted molar refractivity (Wildman–Crippen MR) is 95.2 cm³/mol. The summed E-state index contributed by atoms with van der Waals surface area (Å²) in [5.41, 5.74) is 5.09. The van der Waals surface area contributed by atoms with Crippen molar-refractivity contribution in [3.63, 3.8) is 0 Å². The van der Waals surface area contributed by atoms with Crippen LogP contribution in [-0.2, 0) is 29.4 Å². The van der Waals surface area contributed by atoms with Crippen LogP contribution in [0, 0.1) is 0 Å². The summed E-state index contributed by atoms with van der Waals surface area (Å²) in [6.07, 6.45) is 6.19. The number of benzene rings is 2. The highest BCUT2D eigenvalue weighted by atomic mass is 32.2. The topological polar surface area (TPSA) is 46.2 Å². The maximum atomic E-state index is 12.6. The van der Waals surface area contributed by atoms with E-state index >= 15 is 0 Å². The first-order chi connectivity index (χ1) is 11.1. The van der Waals surface area contributed by atoms with Crippen LogP contribution < -0.4 is 5.32 Å². The zero-order chi connectivity index (χ0) is 16.2. The number of hydrogen-bond acceptors (Lipinski definition) is 2. The van der Waals surface area contributed by atoms with Crippen molar-refractivity contribution in [1.82, 2.24) is 0 Å². The zero-order valence-electron chi connectivity index (χ0n) is 13.3. The van der Waals surface area contributed by atoms with Crippen LogP contribution >= 0.6 is 0 Å². The van der Waals surface area contributed by atoms with Crippen molar-refractivity contribution < 1.29 is 9.00 Å². The van der Waals surface area contributed by atoms with Gasteiger partial charge in [0.15, 0.2) is 0 Å². The Hall–Kier alpha value is -1.94. The molecule has 1 N–H and O–H groups in total. The van der Waals surface area contributed by atoms with Gasteiger partial charge in [0, 0.05) is 34.1 Å². The van der Waals surface area contributed by atoms with Crippen molar-refractivity contribution >= 4 is 22.4 Å². The first-order valence-electron chi connectivity index (χ1n) is 7.94. The second kappa shape index (κ2) is 7.09. The SMILES string of the molecule is CS(=O)Cc1cccc(C(=O)Nc2cccc3c2CCCC3)c1. The lowest BCUT2D eigenvalue weighted by Gasteiger charge is -2.19. The largest absolute Gasteiger partial charge is 0.322 e. The Morgan fingerprint density at radius 1 is 1.13 bits per heavy atom. The zero-order valence-corrected chi connectivity index (χ0v) is 14.1. The molecule has 0 aliphatic heterocycles. The molecule has 0 saturated carbocycles. The van der Waals surface area contributed by atoms with Gasteiger partial charge in [-0.05, 0) is 60.6 Å². The maximum absolute atomic E-state index is 12.6. The summed E-state index contributed by atoms with van der Waals surface area (Å²) in [5.74, 6) is 0.370. The minimum absolute atomic E-state index is 0.104. The van der Waals surface area contributed by atoms with E-state index in [1.54, 1.807) is 12.3 Å². The van der Waals surface area contributed by atoms with Gasteiger partial charge in [0.25, 0.3) is 5.91 Å². The maximum Gasteiger partial charge on any atom is 0.255 e. The molecule has 3 rings (SSSR count). The van der Waals surface area contributed by atoms with E-state index in [1.807, 2.05) is 30.3 Å². The van der Waals surface area contributed by atoms with Gasteiger partial charge in [0.05, 0.1) is 0 Å². The molecule has 0 aromatic heterocycles. The van der Waals surface area contributed by atoms with Crippen molar-refractivity contribution in [3.8, 4) is 0 Å². The van der Waals surface area contributed by atoms with Crippen molar-refractivity contribution in [2.75, 3.05) is 11.6 Å². The predicted octanol–water partition coefficient (Wildman–Crippen LogP) is 3.70. The fourth-order valence-corrected chi connectivity index (χ4v) is 3.78. The van der Waals surface area contributed by atoms with Crippen LogP contribution in [0.5, 0.6) is 0 Å². The molecule has 2 aromatic rings. The number of anilines is 1. The lowest BCUT2D eigenvalue weighted by molar-refractivity contribution is 0.102. The molecule has 4 heteroatoms. The molecule has 0 heterocycles. The van der Waals surface area contributed by atoms with E-state index in [4.69, 9.17) is 0 Å². The second-order valence-corrected chi connectivity index (χ2v) is 7.46. The Labute approximate surface area is 139 Å². The van der Waals surface area contributed by atoms with E-state index in [0.29, 0.717) is 11.3 Å². The first-order valence-corrected chi connectivity index (χ1v) is 9.67. The standard InChI is InChI=1S/C19H21NO2S/c1-23(22)13-14-6-4-9-16(12-14)19(21)20-18-11-5-8-15-7-2-3-10-17(15)18/h4-6,8-9,11-12H,2-3,7,10,13H2,1H3,(H,20,21). The summed E-state index contributed by atoms with van der Waals surface area (Å²) in [4.78, 5) is 12.6. The molecule has 120 valence electrons. The van der Waals surface area contributed by atoms with Crippen LogP contribution in [0.3, 0.4) is 0 Å². The summed E-state index contributed by atoms with van der Waals surface area (Å²) >= 11 is 0. The average Bonchev–Trinajstić information content (AvgIpc) is 2.55. The molecule has 23 heavy (non-hydrogen) atoms. The molecule has 1 aliphatic carbocycles. The molecule has 1 atom stereocenters. The molecule has 0 radical (unpaired) electrons. The van der Waals surface area contributed by atoms with Gasteiger partial charge in [0.1, 0.15) is 0 Å². The molecule has 3 nitrogen and oxygen atoms in total. The lowest BCUT2D eigenvalue weighted by atomic mass is 9.90. The van der Waals surface area contributed by atoms with Gasteiger partial charge in [0.2, 0.25) is 0 Å². The van der Waals surface area contributed by atoms with Gasteiger partial charge in [-0.15, -0.1) is 0 Å². The third-order valence-electron chi connectivity index (χ3n) is 4.20. The van der Waals surface area contributed by atoms with Crippen molar-refractivity contribution in [1.29, 1.82) is 0 Å². The van der Waals surface area contributed by atoms with Gasteiger partial charge in [-0.25, -0.2) is 0 Å². The first kappa shape index (κ1) is 15.9. The molecule has 2 aromatic carbocycles. The van der Waals surface area contributed by atoms with Gasteiger partial charge in [-0.1, -0.05) is 24.3 Å². The van der Waals surface area contributed by atoms with Crippen molar-refractivity contribution in [3.05, 3.63) is 64.7 Å². The Balaban J connectivity index is 1.81. The highest BCUT2D eigenvalue weighted by Crippen LogP contribution is 2.28. The van der Waals surface area contributed by atoms with E-state index in [2.05, 4.69) is 11.4 Å². The molecule has 1 unspecified atom stereocenters. The molecule has 1 aliphatic rings. The van der Waals surface area contributed by atoms with E-state index in [9.17, 15) is 9.00 Å². The van der Waals surface area contributed by atoms with Gasteiger partial charge in [-0.3, -0.25) is 9.00 Å². The number of amides is 1. The minimum atomic E-state index is -0.910. The number of rotatable bonds is 4. The van der Waals surface area contributed by atoms with Gasteiger partial charge in [-0.2, -0.15) is 0 Å². The molecule has 0 bridgehead atoms. The van der Waals surface area contributed by atoms with Crippen LogP contribution in [0.4, 0.5) is 5.69 Å². The van der Waals surface area contributed by atoms with Crippen molar-refractivity contribution in [2.24, 2.45) is 0 Å². The Kier molecular flexibility index (Phi) is 4.91. The average molecular weight is 327 g/mol. The van der Waals surface area contributed by atoms with Crippen LogP contribution in [-0.4, -0.2) is 16.4 Å². The third-order valence-corrected chi connectivity index (χ3v) is 4.94. The van der Waals surface area contributed by atoms with E-state index in [0.717, 1.165) is 24.1 Å². The Morgan fingerprint density at radius 3 is 2.74 bits per heavy atom. The number of carbonyl (C=O) groups is 1. The number of hydrogen-bond donors (Lipinski definition) is 1. The fourth-order valence-electron chi connectivity index (χ4n) is 3.13. The second-order valence-electron chi connectivity index (χ2n) is 6.02. The van der Waals surface area contributed by atoms with Crippen LogP contribution in [0.2, 0.25) is 0 Å². The smallest absolute Gasteiger partial charge is 0.255 e. The number of nitrogens with one attached hydrogen (secondary N) is 1. The quantitative estimate of drug-likeness (QED) is 0.931. The van der Waals surface area contributed by atoms with E-state index in [-0.39, 0.29) is 5.91 Å². The fraction of sp³-hybridized carbons (Fsp3) is 0.316. The van der Waals surface area contributed by atoms with Crippen LogP contribution in [0.15, 0.2) is 42.5 Å². The molecular formula is C19H21NO2S. The molecule has 0 fully saturated rings. The molecule has 0 spiro atoms. The summed E-state index contributed by atoms with van der Waals surface area (Å²) in [6, 6.07) is 13.5. The highest BCUT2D eigenvalue weighted by molar-refractivity contribution is 7.83. The lowest BCUT2D eigenvalue weighted by Crippen LogP contribution is -2.15. The summed E-state index contributed by atoms with van der Waals surface area (Å²) in [7, 11) is -0.910. The number of fused-ring (bicyclic) bond motifs is 1. The number of carbonyl (C=O) groups excluding carboxylic acids is 1. The van der Waals surface area contributed by atoms with Crippen molar-refractivity contribution in [2.45, 2.75) is 31.4 Å². The Morgan fingerprint density at radius 2 is 1.91 bits per heavy atom. The van der Waals surface area contributed by atoms with Crippen LogP contribution in [0.25, 0.3) is 0 Å². The minimum Gasteiger partial charge on any atom is -0.322 e. The Bertz CT molecular complexity index is 755. The van der Waals surface area contributed by atoms with E-state index < -0.39 is 10.8 Å². The molecule has 1 amide bonds. The van der Waals surface area contributed by atoms with Gasteiger partial charge < -0.3 is 5.32 Å². The number of aryl methyl sites for hydroxylation is 1. The van der Waals surface area contributed by atoms with Gasteiger partial charge >= 0.3 is 0 Å². The summed E-state index contributed by atoms with van der Waals surface area (Å²) in [5, 5.41) is 3.05. The highest BCUT2D eigenvalue weighted by Gasteiger charge is 2.15. The normalized spacial score (nSPS) is 14.8. The molecular weight excluding hydrogens is 306 g/mol. The molecule has 0 saturated heterocycles. The summed E-state index contributed by atoms with van der Waals surface area (Å²) in [6.45, 7) is 0. The third kappa shape index (κ3) is 3.88. The monoisotopic (exact) mass is 327 g/mol. The van der Waals surface area contributed by atoms with E-state index in [1.165, 1.54) is 24.0 Å².